The number of hydrogen-bond donors (Lipinski definition) is 1. The van der Waals surface area contributed by atoms with E-state index < -0.39 is 0 Å². The van der Waals surface area contributed by atoms with Gasteiger partial charge in [0.05, 0.1) is 6.61 Å². The Hall–Kier alpha value is -0.900. The van der Waals surface area contributed by atoms with Crippen LogP contribution in [0.15, 0.2) is 18.2 Å². The van der Waals surface area contributed by atoms with Crippen molar-refractivity contribution in [2.24, 2.45) is 5.73 Å². The van der Waals surface area contributed by atoms with Crippen molar-refractivity contribution in [3.63, 3.8) is 0 Å². The number of ether oxygens (including phenoxy) is 1. The van der Waals surface area contributed by atoms with Crippen LogP contribution in [0.3, 0.4) is 0 Å². The van der Waals surface area contributed by atoms with Gasteiger partial charge in [-0.05, 0) is 32.9 Å². The summed E-state index contributed by atoms with van der Waals surface area (Å²) in [5, 5.41) is 0. The van der Waals surface area contributed by atoms with Gasteiger partial charge in [-0.3, -0.25) is 4.90 Å². The summed E-state index contributed by atoms with van der Waals surface area (Å²) in [6, 6.07) is 7.48. The summed E-state index contributed by atoms with van der Waals surface area (Å²) in [5.74, 6) is 0. The largest absolute Gasteiger partial charge is 0.380 e. The summed E-state index contributed by atoms with van der Waals surface area (Å²) < 4.78 is 5.47. The molecule has 100 valence electrons. The molecule has 2 N–H and O–H groups in total. The minimum atomic E-state index is 0.287. The average molecular weight is 248 g/mol. The molecule has 3 heteroatoms. The highest BCUT2D eigenvalue weighted by Crippen LogP contribution is 2.25. The second kappa shape index (κ2) is 5.83. The fourth-order valence-corrected chi connectivity index (χ4v) is 2.84. The molecule has 0 aromatic heterocycles. The number of nitrogens with zero attached hydrogens (tertiary/aromatic N) is 1. The van der Waals surface area contributed by atoms with Gasteiger partial charge in [0, 0.05) is 25.2 Å². The molecule has 0 saturated carbocycles. The Morgan fingerprint density at radius 2 is 2.00 bits per heavy atom. The maximum absolute atomic E-state index is 5.99. The zero-order valence-corrected chi connectivity index (χ0v) is 11.6. The Kier molecular flexibility index (Phi) is 4.38. The van der Waals surface area contributed by atoms with Crippen molar-refractivity contribution in [3.05, 3.63) is 34.9 Å². The lowest BCUT2D eigenvalue weighted by Crippen LogP contribution is -2.39. The molecule has 1 saturated heterocycles. The maximum atomic E-state index is 5.99. The number of aryl methyl sites for hydroxylation is 2. The zero-order valence-electron chi connectivity index (χ0n) is 11.6. The van der Waals surface area contributed by atoms with Gasteiger partial charge in [-0.1, -0.05) is 29.3 Å². The highest BCUT2D eigenvalue weighted by Gasteiger charge is 2.26. The van der Waals surface area contributed by atoms with E-state index in [1.54, 1.807) is 0 Å². The van der Waals surface area contributed by atoms with E-state index in [2.05, 4.69) is 44.0 Å². The van der Waals surface area contributed by atoms with Crippen LogP contribution in [0, 0.1) is 13.8 Å². The van der Waals surface area contributed by atoms with Crippen LogP contribution in [0.5, 0.6) is 0 Å². The second-order valence-corrected chi connectivity index (χ2v) is 5.36. The first-order chi connectivity index (χ1) is 8.61. The van der Waals surface area contributed by atoms with Crippen molar-refractivity contribution in [2.75, 3.05) is 26.8 Å². The highest BCUT2D eigenvalue weighted by atomic mass is 16.5. The van der Waals surface area contributed by atoms with Gasteiger partial charge in [-0.2, -0.15) is 0 Å². The molecule has 0 aliphatic carbocycles. The predicted molar refractivity (Wildman–Crippen MR) is 74.7 cm³/mol. The monoisotopic (exact) mass is 248 g/mol. The van der Waals surface area contributed by atoms with E-state index >= 15 is 0 Å². The molecule has 18 heavy (non-hydrogen) atoms. The van der Waals surface area contributed by atoms with Crippen molar-refractivity contribution in [2.45, 2.75) is 32.4 Å². The summed E-state index contributed by atoms with van der Waals surface area (Å²) in [6.07, 6.45) is 1.11. The second-order valence-electron chi connectivity index (χ2n) is 5.36. The third-order valence-corrected chi connectivity index (χ3v) is 3.83. The summed E-state index contributed by atoms with van der Waals surface area (Å²) >= 11 is 0. The van der Waals surface area contributed by atoms with Crippen LogP contribution >= 0.6 is 0 Å². The lowest BCUT2D eigenvalue weighted by molar-refractivity contribution is 0.134. The number of likely N-dealkylation sites (N-methyl/N-ethyl adjacent to an activating group) is 1. The molecule has 2 unspecified atom stereocenters. The molecule has 0 radical (unpaired) electrons. The predicted octanol–water partition coefficient (Wildman–Crippen LogP) is 2.02. The van der Waals surface area contributed by atoms with Crippen LogP contribution in [0.2, 0.25) is 0 Å². The Bertz CT molecular complexity index is 379. The van der Waals surface area contributed by atoms with Crippen LogP contribution in [-0.2, 0) is 4.74 Å². The lowest BCUT2D eigenvalue weighted by atomic mass is 9.99. The van der Waals surface area contributed by atoms with Gasteiger partial charge >= 0.3 is 0 Å². The first kappa shape index (κ1) is 13.5. The first-order valence-electron chi connectivity index (χ1n) is 6.69. The lowest BCUT2D eigenvalue weighted by Gasteiger charge is -2.32. The van der Waals surface area contributed by atoms with Gasteiger partial charge in [0.25, 0.3) is 0 Å². The van der Waals surface area contributed by atoms with E-state index in [-0.39, 0.29) is 6.04 Å². The van der Waals surface area contributed by atoms with E-state index in [0.717, 1.165) is 19.6 Å². The van der Waals surface area contributed by atoms with Crippen molar-refractivity contribution in [3.8, 4) is 0 Å². The number of hydrogen-bond acceptors (Lipinski definition) is 3. The molecule has 1 aromatic carbocycles. The molecule has 1 aliphatic heterocycles. The molecule has 1 fully saturated rings. The summed E-state index contributed by atoms with van der Waals surface area (Å²) in [7, 11) is 2.16. The minimum absolute atomic E-state index is 0.287. The van der Waals surface area contributed by atoms with E-state index in [0.29, 0.717) is 12.6 Å². The average Bonchev–Trinajstić information content (AvgIpc) is 2.81. The quantitative estimate of drug-likeness (QED) is 0.886. The molecule has 1 aromatic rings. The molecule has 1 heterocycles. The molecule has 0 bridgehead atoms. The molecule has 1 aliphatic rings. The van der Waals surface area contributed by atoms with Gasteiger partial charge in [-0.25, -0.2) is 0 Å². The molecule has 0 amide bonds. The fourth-order valence-electron chi connectivity index (χ4n) is 2.84. The van der Waals surface area contributed by atoms with Gasteiger partial charge in [0.15, 0.2) is 0 Å². The minimum Gasteiger partial charge on any atom is -0.380 e. The molecule has 2 atom stereocenters. The number of rotatable bonds is 4. The molecule has 3 nitrogen and oxygen atoms in total. The summed E-state index contributed by atoms with van der Waals surface area (Å²) in [6.45, 7) is 6.64. The van der Waals surface area contributed by atoms with Crippen molar-refractivity contribution in [1.29, 1.82) is 0 Å². The molecular formula is C15H24N2O. The van der Waals surface area contributed by atoms with Crippen LogP contribution in [0.25, 0.3) is 0 Å². The Labute approximate surface area is 110 Å². The summed E-state index contributed by atoms with van der Waals surface area (Å²) in [4.78, 5) is 2.38. The third-order valence-electron chi connectivity index (χ3n) is 3.83. The van der Waals surface area contributed by atoms with Crippen LogP contribution in [0.4, 0.5) is 0 Å². The first-order valence-corrected chi connectivity index (χ1v) is 6.69. The number of nitrogens with two attached hydrogens (primary N) is 1. The Balaban J connectivity index is 2.20. The fraction of sp³-hybridized carbons (Fsp3) is 0.600. The smallest absolute Gasteiger partial charge is 0.0622 e. The van der Waals surface area contributed by atoms with Gasteiger partial charge in [-0.15, -0.1) is 0 Å². The summed E-state index contributed by atoms with van der Waals surface area (Å²) in [5.41, 5.74) is 9.92. The Morgan fingerprint density at radius 3 is 2.50 bits per heavy atom. The normalized spacial score (nSPS) is 21.5. The zero-order chi connectivity index (χ0) is 13.1. The van der Waals surface area contributed by atoms with Gasteiger partial charge < -0.3 is 10.5 Å². The van der Waals surface area contributed by atoms with Gasteiger partial charge in [0.2, 0.25) is 0 Å². The Morgan fingerprint density at radius 1 is 1.33 bits per heavy atom. The van der Waals surface area contributed by atoms with E-state index in [9.17, 15) is 0 Å². The van der Waals surface area contributed by atoms with Crippen molar-refractivity contribution < 1.29 is 4.74 Å². The standard InChI is InChI=1S/C15H24N2O/c1-11-6-12(2)8-13(7-11)15(9-16)17(3)14-4-5-18-10-14/h6-8,14-15H,4-5,9-10,16H2,1-3H3. The number of benzene rings is 1. The molecule has 2 rings (SSSR count). The third kappa shape index (κ3) is 2.91. The van der Waals surface area contributed by atoms with E-state index in [1.165, 1.54) is 16.7 Å². The van der Waals surface area contributed by atoms with Crippen molar-refractivity contribution in [1.82, 2.24) is 4.90 Å². The highest BCUT2D eigenvalue weighted by molar-refractivity contribution is 5.31. The van der Waals surface area contributed by atoms with Crippen molar-refractivity contribution >= 4 is 0 Å². The van der Waals surface area contributed by atoms with E-state index in [1.807, 2.05) is 0 Å². The van der Waals surface area contributed by atoms with Crippen LogP contribution < -0.4 is 5.73 Å². The SMILES string of the molecule is Cc1cc(C)cc(C(CN)N(C)C2CCOC2)c1. The maximum Gasteiger partial charge on any atom is 0.0622 e. The molecular weight excluding hydrogens is 224 g/mol. The van der Waals surface area contributed by atoms with Gasteiger partial charge in [0.1, 0.15) is 0 Å². The van der Waals surface area contributed by atoms with Crippen LogP contribution in [-0.4, -0.2) is 37.7 Å². The van der Waals surface area contributed by atoms with E-state index in [4.69, 9.17) is 10.5 Å². The topological polar surface area (TPSA) is 38.5 Å². The molecule has 0 spiro atoms. The van der Waals surface area contributed by atoms with Crippen LogP contribution in [0.1, 0.15) is 29.2 Å².